The Balaban J connectivity index is 2.03. The van der Waals surface area contributed by atoms with Crippen LogP contribution in [0, 0.1) is 0 Å². The Morgan fingerprint density at radius 3 is 2.76 bits per heavy atom. The monoisotopic (exact) mass is 234 g/mol. The van der Waals surface area contributed by atoms with E-state index in [9.17, 15) is 9.59 Å². The SMILES string of the molecule is COC(=O)NC1CC(=O)N(c2ccccc2)C1. The number of para-hydroxylation sites is 1. The van der Waals surface area contributed by atoms with Gasteiger partial charge in [0.25, 0.3) is 0 Å². The number of amides is 2. The molecule has 2 rings (SSSR count). The Morgan fingerprint density at radius 1 is 1.41 bits per heavy atom. The second-order valence-electron chi connectivity index (χ2n) is 3.88. The Hall–Kier alpha value is -2.04. The van der Waals surface area contributed by atoms with E-state index in [1.54, 1.807) is 4.90 Å². The van der Waals surface area contributed by atoms with E-state index in [1.807, 2.05) is 30.3 Å². The summed E-state index contributed by atoms with van der Waals surface area (Å²) in [4.78, 5) is 24.5. The van der Waals surface area contributed by atoms with E-state index in [2.05, 4.69) is 10.1 Å². The number of anilines is 1. The van der Waals surface area contributed by atoms with Crippen molar-refractivity contribution in [1.82, 2.24) is 5.32 Å². The predicted molar refractivity (Wildman–Crippen MR) is 62.7 cm³/mol. The summed E-state index contributed by atoms with van der Waals surface area (Å²) in [5, 5.41) is 2.64. The molecule has 0 spiro atoms. The fourth-order valence-corrected chi connectivity index (χ4v) is 1.89. The molecule has 5 heteroatoms. The van der Waals surface area contributed by atoms with Crippen LogP contribution in [-0.4, -0.2) is 31.7 Å². The molecule has 1 atom stereocenters. The van der Waals surface area contributed by atoms with Gasteiger partial charge < -0.3 is 15.0 Å². The van der Waals surface area contributed by atoms with Crippen molar-refractivity contribution in [3.05, 3.63) is 30.3 Å². The van der Waals surface area contributed by atoms with Crippen molar-refractivity contribution in [2.24, 2.45) is 0 Å². The van der Waals surface area contributed by atoms with E-state index >= 15 is 0 Å². The Labute approximate surface area is 99.4 Å². The molecule has 2 amide bonds. The van der Waals surface area contributed by atoms with E-state index in [0.29, 0.717) is 13.0 Å². The molecule has 0 radical (unpaired) electrons. The average molecular weight is 234 g/mol. The van der Waals surface area contributed by atoms with Crippen molar-refractivity contribution in [1.29, 1.82) is 0 Å². The first-order valence-electron chi connectivity index (χ1n) is 5.40. The van der Waals surface area contributed by atoms with Crippen LogP contribution in [0.15, 0.2) is 30.3 Å². The molecular weight excluding hydrogens is 220 g/mol. The van der Waals surface area contributed by atoms with E-state index in [0.717, 1.165) is 5.69 Å². The van der Waals surface area contributed by atoms with Crippen LogP contribution in [0.5, 0.6) is 0 Å². The van der Waals surface area contributed by atoms with Gasteiger partial charge in [-0.2, -0.15) is 0 Å². The average Bonchev–Trinajstić information content (AvgIpc) is 2.71. The van der Waals surface area contributed by atoms with E-state index < -0.39 is 6.09 Å². The molecule has 1 saturated heterocycles. The topological polar surface area (TPSA) is 58.6 Å². The highest BCUT2D eigenvalue weighted by atomic mass is 16.5. The minimum Gasteiger partial charge on any atom is -0.453 e. The van der Waals surface area contributed by atoms with Crippen molar-refractivity contribution in [3.8, 4) is 0 Å². The molecule has 1 aliphatic rings. The van der Waals surface area contributed by atoms with Gasteiger partial charge in [-0.05, 0) is 12.1 Å². The number of alkyl carbamates (subject to hydrolysis) is 1. The van der Waals surface area contributed by atoms with Gasteiger partial charge in [-0.3, -0.25) is 4.79 Å². The summed E-state index contributed by atoms with van der Waals surface area (Å²) in [6.07, 6.45) is -0.193. The van der Waals surface area contributed by atoms with Gasteiger partial charge in [-0.1, -0.05) is 18.2 Å². The molecule has 1 unspecified atom stereocenters. The molecule has 90 valence electrons. The first-order valence-corrected chi connectivity index (χ1v) is 5.40. The van der Waals surface area contributed by atoms with Crippen molar-refractivity contribution < 1.29 is 14.3 Å². The molecule has 0 aromatic heterocycles. The zero-order valence-electron chi connectivity index (χ0n) is 9.55. The van der Waals surface area contributed by atoms with E-state index in [-0.39, 0.29) is 11.9 Å². The number of ether oxygens (including phenoxy) is 1. The molecule has 1 N–H and O–H groups in total. The predicted octanol–water partition coefficient (Wildman–Crippen LogP) is 1.15. The van der Waals surface area contributed by atoms with E-state index in [1.165, 1.54) is 7.11 Å². The van der Waals surface area contributed by atoms with Gasteiger partial charge in [-0.25, -0.2) is 4.79 Å². The molecule has 1 aliphatic heterocycles. The minimum atomic E-state index is -0.502. The largest absolute Gasteiger partial charge is 0.453 e. The summed E-state index contributed by atoms with van der Waals surface area (Å²) in [6.45, 7) is 0.484. The minimum absolute atomic E-state index is 0.0117. The zero-order valence-corrected chi connectivity index (χ0v) is 9.55. The van der Waals surface area contributed by atoms with Crippen LogP contribution in [0.1, 0.15) is 6.42 Å². The van der Waals surface area contributed by atoms with Crippen LogP contribution in [0.3, 0.4) is 0 Å². The summed E-state index contributed by atoms with van der Waals surface area (Å²) in [6, 6.07) is 9.22. The van der Waals surface area contributed by atoms with Gasteiger partial charge >= 0.3 is 6.09 Å². The van der Waals surface area contributed by atoms with Crippen molar-refractivity contribution >= 4 is 17.7 Å². The highest BCUT2D eigenvalue weighted by molar-refractivity contribution is 5.96. The standard InChI is InChI=1S/C12H14N2O3/c1-17-12(16)13-9-7-11(15)14(8-9)10-5-3-2-4-6-10/h2-6,9H,7-8H2,1H3,(H,13,16). The molecule has 1 fully saturated rings. The number of carbonyl (C=O) groups excluding carboxylic acids is 2. The first-order chi connectivity index (χ1) is 8.20. The molecule has 1 aromatic rings. The Morgan fingerprint density at radius 2 is 2.12 bits per heavy atom. The maximum absolute atomic E-state index is 11.8. The summed E-state index contributed by atoms with van der Waals surface area (Å²) in [5.74, 6) is 0.0117. The number of hydrogen-bond donors (Lipinski definition) is 1. The highest BCUT2D eigenvalue weighted by Crippen LogP contribution is 2.20. The Kier molecular flexibility index (Phi) is 3.27. The fourth-order valence-electron chi connectivity index (χ4n) is 1.89. The number of benzene rings is 1. The lowest BCUT2D eigenvalue weighted by molar-refractivity contribution is -0.117. The van der Waals surface area contributed by atoms with Crippen LogP contribution in [0.25, 0.3) is 0 Å². The van der Waals surface area contributed by atoms with Crippen LogP contribution >= 0.6 is 0 Å². The normalized spacial score (nSPS) is 19.2. The number of nitrogens with one attached hydrogen (secondary N) is 1. The lowest BCUT2D eigenvalue weighted by atomic mass is 10.3. The van der Waals surface area contributed by atoms with Crippen molar-refractivity contribution in [3.63, 3.8) is 0 Å². The van der Waals surface area contributed by atoms with Crippen molar-refractivity contribution in [2.75, 3.05) is 18.6 Å². The van der Waals surface area contributed by atoms with Gasteiger partial charge in [0.15, 0.2) is 0 Å². The molecule has 5 nitrogen and oxygen atoms in total. The van der Waals surface area contributed by atoms with Gasteiger partial charge in [0.05, 0.1) is 13.2 Å². The summed E-state index contributed by atoms with van der Waals surface area (Å²) >= 11 is 0. The molecule has 1 heterocycles. The van der Waals surface area contributed by atoms with Gasteiger partial charge in [0.2, 0.25) is 5.91 Å². The second kappa shape index (κ2) is 4.86. The molecule has 1 aromatic carbocycles. The third-order valence-corrected chi connectivity index (χ3v) is 2.70. The lowest BCUT2D eigenvalue weighted by Crippen LogP contribution is -2.37. The quantitative estimate of drug-likeness (QED) is 0.835. The van der Waals surface area contributed by atoms with Gasteiger partial charge in [0, 0.05) is 18.7 Å². The maximum atomic E-state index is 11.8. The highest BCUT2D eigenvalue weighted by Gasteiger charge is 2.31. The summed E-state index contributed by atoms with van der Waals surface area (Å²) < 4.78 is 4.51. The molecule has 0 saturated carbocycles. The molecule has 0 bridgehead atoms. The third kappa shape index (κ3) is 2.55. The van der Waals surface area contributed by atoms with Crippen LogP contribution in [-0.2, 0) is 9.53 Å². The van der Waals surface area contributed by atoms with Gasteiger partial charge in [-0.15, -0.1) is 0 Å². The first kappa shape index (κ1) is 11.4. The number of nitrogens with zero attached hydrogens (tertiary/aromatic N) is 1. The smallest absolute Gasteiger partial charge is 0.407 e. The summed E-state index contributed by atoms with van der Waals surface area (Å²) in [5.41, 5.74) is 0.853. The molecule has 0 aliphatic carbocycles. The van der Waals surface area contributed by atoms with E-state index in [4.69, 9.17) is 0 Å². The van der Waals surface area contributed by atoms with Crippen LogP contribution < -0.4 is 10.2 Å². The van der Waals surface area contributed by atoms with Crippen molar-refractivity contribution in [2.45, 2.75) is 12.5 Å². The van der Waals surface area contributed by atoms with Crippen LogP contribution in [0.4, 0.5) is 10.5 Å². The molecular formula is C12H14N2O3. The number of carbonyl (C=O) groups is 2. The number of hydrogen-bond acceptors (Lipinski definition) is 3. The maximum Gasteiger partial charge on any atom is 0.407 e. The lowest BCUT2D eigenvalue weighted by Gasteiger charge is -2.16. The van der Waals surface area contributed by atoms with Crippen LogP contribution in [0.2, 0.25) is 0 Å². The molecule has 17 heavy (non-hydrogen) atoms. The third-order valence-electron chi connectivity index (χ3n) is 2.70. The summed E-state index contributed by atoms with van der Waals surface area (Å²) in [7, 11) is 1.31. The zero-order chi connectivity index (χ0) is 12.3. The second-order valence-corrected chi connectivity index (χ2v) is 3.88. The number of rotatable bonds is 2. The fraction of sp³-hybridized carbons (Fsp3) is 0.333. The number of methoxy groups -OCH3 is 1. The Bertz CT molecular complexity index is 419. The van der Waals surface area contributed by atoms with Gasteiger partial charge in [0.1, 0.15) is 0 Å².